The van der Waals surface area contributed by atoms with E-state index in [1.807, 2.05) is 12.1 Å². The van der Waals surface area contributed by atoms with E-state index in [2.05, 4.69) is 79.1 Å². The normalized spacial score (nSPS) is 11.8. The second kappa shape index (κ2) is 11.0. The minimum absolute atomic E-state index is 0.580. The first-order valence-corrected chi connectivity index (χ1v) is 11.4. The zero-order valence-electron chi connectivity index (χ0n) is 16.1. The Balaban J connectivity index is 2.07. The first-order valence-electron chi connectivity index (χ1n) is 9.45. The van der Waals surface area contributed by atoms with Crippen LogP contribution in [0.5, 0.6) is 5.75 Å². The topological polar surface area (TPSA) is 9.23 Å². The van der Waals surface area contributed by atoms with Crippen LogP contribution in [0.1, 0.15) is 23.1 Å². The Morgan fingerprint density at radius 1 is 0.786 bits per heavy atom. The molecule has 0 aliphatic carbocycles. The van der Waals surface area contributed by atoms with Crippen LogP contribution in [0.25, 0.3) is 11.1 Å². The van der Waals surface area contributed by atoms with Gasteiger partial charge in [0.2, 0.25) is 0 Å². The van der Waals surface area contributed by atoms with Crippen LogP contribution in [0.15, 0.2) is 84.9 Å². The molecule has 28 heavy (non-hydrogen) atoms. The second-order valence-electron chi connectivity index (χ2n) is 6.39. The number of allylic oxidation sites excluding steroid dienone is 1. The second-order valence-corrected chi connectivity index (χ2v) is 7.75. The molecule has 0 aliphatic heterocycles. The van der Waals surface area contributed by atoms with Gasteiger partial charge in [0.05, 0.1) is 6.61 Å². The van der Waals surface area contributed by atoms with Crippen LogP contribution in [0, 0.1) is 0 Å². The molecule has 0 bridgehead atoms. The lowest BCUT2D eigenvalue weighted by Gasteiger charge is -2.17. The van der Waals surface area contributed by atoms with E-state index < -0.39 is 0 Å². The molecule has 0 aromatic heterocycles. The molecular weight excluding hydrogens is 384 g/mol. The molecule has 0 spiro atoms. The summed E-state index contributed by atoms with van der Waals surface area (Å²) in [6.07, 6.45) is 2.90. The van der Waals surface area contributed by atoms with Gasteiger partial charge in [0, 0.05) is 11.6 Å². The maximum absolute atomic E-state index is 6.21. The number of hydrogen-bond donors (Lipinski definition) is 0. The summed E-state index contributed by atoms with van der Waals surface area (Å²) in [5.74, 6) is 2.48. The predicted octanol–water partition coefficient (Wildman–Crippen LogP) is 7.02. The molecule has 0 unspecified atom stereocenters. The fourth-order valence-corrected chi connectivity index (χ4v) is 3.67. The molecule has 0 saturated heterocycles. The SMILES string of the molecule is CSCCOc1ccc(/C(=C(\CCCl)c2ccccc2)c2ccccc2)cc1. The summed E-state index contributed by atoms with van der Waals surface area (Å²) < 4.78 is 5.82. The Labute approximate surface area is 177 Å². The van der Waals surface area contributed by atoms with Crippen molar-refractivity contribution in [3.05, 3.63) is 102 Å². The average Bonchev–Trinajstić information content (AvgIpc) is 2.76. The molecule has 0 heterocycles. The van der Waals surface area contributed by atoms with Crippen molar-refractivity contribution in [2.24, 2.45) is 0 Å². The number of hydrogen-bond acceptors (Lipinski definition) is 2. The summed E-state index contributed by atoms with van der Waals surface area (Å²) in [6, 6.07) is 29.5. The Hall–Kier alpha value is -2.16. The first kappa shape index (κ1) is 20.6. The van der Waals surface area contributed by atoms with Crippen LogP contribution < -0.4 is 4.74 Å². The Morgan fingerprint density at radius 2 is 1.36 bits per heavy atom. The Morgan fingerprint density at radius 3 is 1.93 bits per heavy atom. The van der Waals surface area contributed by atoms with E-state index in [-0.39, 0.29) is 0 Å². The zero-order chi connectivity index (χ0) is 19.6. The number of benzene rings is 3. The van der Waals surface area contributed by atoms with E-state index in [4.69, 9.17) is 16.3 Å². The minimum Gasteiger partial charge on any atom is -0.493 e. The van der Waals surface area contributed by atoms with Gasteiger partial charge < -0.3 is 4.74 Å². The maximum Gasteiger partial charge on any atom is 0.119 e. The summed E-state index contributed by atoms with van der Waals surface area (Å²) in [7, 11) is 0. The molecule has 0 radical (unpaired) electrons. The van der Waals surface area contributed by atoms with Crippen molar-refractivity contribution in [1.82, 2.24) is 0 Å². The lowest BCUT2D eigenvalue weighted by Crippen LogP contribution is -2.00. The van der Waals surface area contributed by atoms with E-state index in [1.165, 1.54) is 27.8 Å². The van der Waals surface area contributed by atoms with Gasteiger partial charge in [-0.1, -0.05) is 72.8 Å². The zero-order valence-corrected chi connectivity index (χ0v) is 17.7. The number of halogens is 1. The molecule has 3 aromatic rings. The van der Waals surface area contributed by atoms with Crippen molar-refractivity contribution in [3.8, 4) is 5.75 Å². The van der Waals surface area contributed by atoms with Crippen molar-refractivity contribution < 1.29 is 4.74 Å². The van der Waals surface area contributed by atoms with Crippen molar-refractivity contribution in [3.63, 3.8) is 0 Å². The highest BCUT2D eigenvalue weighted by molar-refractivity contribution is 7.98. The molecule has 0 aliphatic rings. The highest BCUT2D eigenvalue weighted by atomic mass is 35.5. The van der Waals surface area contributed by atoms with Crippen LogP contribution in [0.3, 0.4) is 0 Å². The average molecular weight is 409 g/mol. The molecule has 3 rings (SSSR count). The van der Waals surface area contributed by atoms with Gasteiger partial charge in [0.1, 0.15) is 5.75 Å². The van der Waals surface area contributed by atoms with E-state index in [9.17, 15) is 0 Å². The number of thioether (sulfide) groups is 1. The predicted molar refractivity (Wildman–Crippen MR) is 124 cm³/mol. The third kappa shape index (κ3) is 5.43. The van der Waals surface area contributed by atoms with Crippen molar-refractivity contribution in [2.45, 2.75) is 6.42 Å². The van der Waals surface area contributed by atoms with Crippen LogP contribution in [-0.4, -0.2) is 24.5 Å². The van der Waals surface area contributed by atoms with Gasteiger partial charge in [0.15, 0.2) is 0 Å². The summed E-state index contributed by atoms with van der Waals surface area (Å²) in [4.78, 5) is 0. The summed E-state index contributed by atoms with van der Waals surface area (Å²) in [6.45, 7) is 0.726. The van der Waals surface area contributed by atoms with E-state index >= 15 is 0 Å². The first-order chi connectivity index (χ1) is 13.8. The van der Waals surface area contributed by atoms with Crippen molar-refractivity contribution in [1.29, 1.82) is 0 Å². The van der Waals surface area contributed by atoms with Gasteiger partial charge in [-0.3, -0.25) is 0 Å². The number of ether oxygens (including phenoxy) is 1. The Kier molecular flexibility index (Phi) is 8.07. The molecule has 0 atom stereocenters. The summed E-state index contributed by atoms with van der Waals surface area (Å²) >= 11 is 7.99. The van der Waals surface area contributed by atoms with E-state index in [0.717, 1.165) is 24.5 Å². The smallest absolute Gasteiger partial charge is 0.119 e. The van der Waals surface area contributed by atoms with Crippen LogP contribution in [0.2, 0.25) is 0 Å². The quantitative estimate of drug-likeness (QED) is 0.214. The largest absolute Gasteiger partial charge is 0.493 e. The van der Waals surface area contributed by atoms with Crippen LogP contribution in [-0.2, 0) is 0 Å². The summed E-state index contributed by atoms with van der Waals surface area (Å²) in [5.41, 5.74) is 6.07. The molecule has 0 saturated carbocycles. The highest BCUT2D eigenvalue weighted by Crippen LogP contribution is 2.35. The van der Waals surface area contributed by atoms with Crippen LogP contribution in [0.4, 0.5) is 0 Å². The molecule has 1 nitrogen and oxygen atoms in total. The third-order valence-corrected chi connectivity index (χ3v) is 5.29. The Bertz CT molecular complexity index is 873. The van der Waals surface area contributed by atoms with Crippen molar-refractivity contribution >= 4 is 34.5 Å². The third-order valence-electron chi connectivity index (χ3n) is 4.53. The summed E-state index contributed by atoms with van der Waals surface area (Å²) in [5, 5.41) is 0. The van der Waals surface area contributed by atoms with E-state index in [1.54, 1.807) is 11.8 Å². The molecule has 0 fully saturated rings. The molecule has 0 amide bonds. The van der Waals surface area contributed by atoms with E-state index in [0.29, 0.717) is 5.88 Å². The van der Waals surface area contributed by atoms with Crippen LogP contribution >= 0.6 is 23.4 Å². The standard InChI is InChI=1S/C25H25ClOS/c1-28-19-18-27-23-14-12-22(13-15-23)25(21-10-6-3-7-11-21)24(16-17-26)20-8-4-2-5-9-20/h2-15H,16-19H2,1H3/b25-24+. The molecular formula is C25H25ClOS. The minimum atomic E-state index is 0.580. The van der Waals surface area contributed by atoms with Gasteiger partial charge in [-0.05, 0) is 52.6 Å². The van der Waals surface area contributed by atoms with Gasteiger partial charge in [-0.15, -0.1) is 11.6 Å². The maximum atomic E-state index is 6.21. The highest BCUT2D eigenvalue weighted by Gasteiger charge is 2.14. The molecule has 0 N–H and O–H groups in total. The molecule has 3 heteroatoms. The fraction of sp³-hybridized carbons (Fsp3) is 0.200. The number of rotatable bonds is 9. The lowest BCUT2D eigenvalue weighted by atomic mass is 9.88. The fourth-order valence-electron chi connectivity index (χ4n) is 3.23. The van der Waals surface area contributed by atoms with Gasteiger partial charge in [0.25, 0.3) is 0 Å². The van der Waals surface area contributed by atoms with Gasteiger partial charge in [-0.25, -0.2) is 0 Å². The van der Waals surface area contributed by atoms with Gasteiger partial charge >= 0.3 is 0 Å². The molecule has 144 valence electrons. The lowest BCUT2D eigenvalue weighted by molar-refractivity contribution is 0.344. The van der Waals surface area contributed by atoms with Crippen molar-refractivity contribution in [2.75, 3.05) is 24.5 Å². The number of alkyl halides is 1. The van der Waals surface area contributed by atoms with Gasteiger partial charge in [-0.2, -0.15) is 11.8 Å². The monoisotopic (exact) mass is 408 g/mol. The molecule has 3 aromatic carbocycles.